The number of aryl methyl sites for hydroxylation is 1. The lowest BCUT2D eigenvalue weighted by molar-refractivity contribution is -0.139. The smallest absolute Gasteiger partial charge is 0.225 e. The van der Waals surface area contributed by atoms with Gasteiger partial charge in [0.05, 0.1) is 6.54 Å². The molecule has 0 bridgehead atoms. The Kier molecular flexibility index (Phi) is 4.78. The molecule has 1 saturated heterocycles. The van der Waals surface area contributed by atoms with E-state index in [1.165, 1.54) is 6.42 Å². The summed E-state index contributed by atoms with van der Waals surface area (Å²) in [7, 11) is 0. The highest BCUT2D eigenvalue weighted by atomic mass is 16.2. The number of aromatic nitrogens is 5. The molecule has 0 aromatic carbocycles. The second-order valence-corrected chi connectivity index (χ2v) is 7.55. The van der Waals surface area contributed by atoms with Crippen molar-refractivity contribution in [3.8, 4) is 0 Å². The number of carbonyl (C=O) groups is 1. The number of likely N-dealkylation sites (tertiary alicyclic amines) is 1. The normalized spacial score (nSPS) is 18.9. The van der Waals surface area contributed by atoms with Crippen LogP contribution in [0.5, 0.6) is 0 Å². The molecule has 26 heavy (non-hydrogen) atoms. The molecule has 1 aliphatic carbocycles. The molecule has 1 aliphatic heterocycles. The predicted molar refractivity (Wildman–Crippen MR) is 97.7 cm³/mol. The molecule has 2 fully saturated rings. The fraction of sp³-hybridized carbons (Fsp3) is 0.684. The van der Waals surface area contributed by atoms with Gasteiger partial charge >= 0.3 is 0 Å². The van der Waals surface area contributed by atoms with Crippen LogP contribution < -0.4 is 0 Å². The van der Waals surface area contributed by atoms with Gasteiger partial charge in [0.2, 0.25) is 5.91 Å². The van der Waals surface area contributed by atoms with Crippen LogP contribution in [-0.4, -0.2) is 48.2 Å². The summed E-state index contributed by atoms with van der Waals surface area (Å²) < 4.78 is 4.34. The van der Waals surface area contributed by atoms with E-state index in [9.17, 15) is 4.79 Å². The first kappa shape index (κ1) is 17.2. The van der Waals surface area contributed by atoms with Gasteiger partial charge in [0, 0.05) is 43.9 Å². The van der Waals surface area contributed by atoms with Crippen molar-refractivity contribution in [3.05, 3.63) is 29.9 Å². The van der Waals surface area contributed by atoms with Gasteiger partial charge in [-0.1, -0.05) is 6.42 Å². The number of hydrogen-bond acceptors (Lipinski definition) is 4. The first-order valence-corrected chi connectivity index (χ1v) is 9.86. The van der Waals surface area contributed by atoms with Crippen LogP contribution >= 0.6 is 0 Å². The Morgan fingerprint density at radius 2 is 1.96 bits per heavy atom. The molecular weight excluding hydrogens is 328 g/mol. The summed E-state index contributed by atoms with van der Waals surface area (Å²) in [6, 6.07) is 0. The number of carbonyl (C=O) groups excluding carboxylic acids is 1. The number of rotatable bonds is 5. The largest absolute Gasteiger partial charge is 0.342 e. The van der Waals surface area contributed by atoms with Gasteiger partial charge in [-0.3, -0.25) is 4.79 Å². The van der Waals surface area contributed by atoms with Crippen molar-refractivity contribution in [2.45, 2.75) is 65.0 Å². The minimum absolute atomic E-state index is 0.302. The van der Waals surface area contributed by atoms with Crippen LogP contribution in [-0.2, 0) is 17.9 Å². The van der Waals surface area contributed by atoms with Gasteiger partial charge in [-0.2, -0.15) is 0 Å². The molecule has 0 spiro atoms. The first-order valence-electron chi connectivity index (χ1n) is 9.86. The summed E-state index contributed by atoms with van der Waals surface area (Å²) in [6.07, 6.45) is 9.15. The van der Waals surface area contributed by atoms with E-state index in [4.69, 9.17) is 0 Å². The Labute approximate surface area is 154 Å². The van der Waals surface area contributed by atoms with Crippen LogP contribution in [0.2, 0.25) is 0 Å². The van der Waals surface area contributed by atoms with Crippen LogP contribution in [0.1, 0.15) is 62.4 Å². The van der Waals surface area contributed by atoms with Gasteiger partial charge < -0.3 is 14.0 Å². The molecule has 2 aromatic rings. The van der Waals surface area contributed by atoms with E-state index < -0.39 is 0 Å². The molecule has 2 aliphatic rings. The highest BCUT2D eigenvalue weighted by Crippen LogP contribution is 2.32. The van der Waals surface area contributed by atoms with Crippen LogP contribution in [0.4, 0.5) is 0 Å². The lowest BCUT2D eigenvalue weighted by atomic mass is 9.83. The third-order valence-electron chi connectivity index (χ3n) is 6.03. The van der Waals surface area contributed by atoms with Crippen LogP contribution in [0.3, 0.4) is 0 Å². The average Bonchev–Trinajstić information content (AvgIpc) is 3.20. The molecule has 2 aromatic heterocycles. The third-order valence-corrected chi connectivity index (χ3v) is 6.03. The van der Waals surface area contributed by atoms with E-state index in [0.29, 0.717) is 24.3 Å². The first-order chi connectivity index (χ1) is 12.7. The van der Waals surface area contributed by atoms with Gasteiger partial charge in [-0.15, -0.1) is 10.2 Å². The number of nitrogens with zero attached hydrogens (tertiary/aromatic N) is 6. The molecule has 0 radical (unpaired) electrons. The number of amides is 1. The maximum absolute atomic E-state index is 12.4. The van der Waals surface area contributed by atoms with Gasteiger partial charge in [-0.25, -0.2) is 4.98 Å². The molecule has 1 amide bonds. The lowest BCUT2D eigenvalue weighted by Gasteiger charge is -2.36. The van der Waals surface area contributed by atoms with E-state index in [1.807, 2.05) is 19.3 Å². The summed E-state index contributed by atoms with van der Waals surface area (Å²) in [4.78, 5) is 18.8. The summed E-state index contributed by atoms with van der Waals surface area (Å²) >= 11 is 0. The van der Waals surface area contributed by atoms with Gasteiger partial charge in [0.15, 0.2) is 5.82 Å². The Hall–Kier alpha value is -2.18. The van der Waals surface area contributed by atoms with E-state index in [0.717, 1.165) is 62.8 Å². The Bertz CT molecular complexity index is 767. The minimum atomic E-state index is 0.302. The number of imidazole rings is 1. The number of hydrogen-bond donors (Lipinski definition) is 0. The van der Waals surface area contributed by atoms with Crippen molar-refractivity contribution in [1.29, 1.82) is 0 Å². The summed E-state index contributed by atoms with van der Waals surface area (Å²) in [5.41, 5.74) is 0. The molecule has 0 N–H and O–H groups in total. The van der Waals surface area contributed by atoms with Crippen LogP contribution in [0, 0.1) is 12.8 Å². The topological polar surface area (TPSA) is 68.8 Å². The van der Waals surface area contributed by atoms with Crippen LogP contribution in [0.15, 0.2) is 12.4 Å². The summed E-state index contributed by atoms with van der Waals surface area (Å²) in [6.45, 7) is 7.42. The highest BCUT2D eigenvalue weighted by molar-refractivity contribution is 5.79. The maximum atomic E-state index is 12.4. The zero-order valence-corrected chi connectivity index (χ0v) is 15.8. The number of piperidine rings is 1. The molecule has 7 heteroatoms. The van der Waals surface area contributed by atoms with Gasteiger partial charge in [0.25, 0.3) is 0 Å². The molecule has 0 atom stereocenters. The maximum Gasteiger partial charge on any atom is 0.225 e. The monoisotopic (exact) mass is 356 g/mol. The van der Waals surface area contributed by atoms with Crippen molar-refractivity contribution in [3.63, 3.8) is 0 Å². The highest BCUT2D eigenvalue weighted by Gasteiger charge is 2.33. The fourth-order valence-electron chi connectivity index (χ4n) is 4.11. The molecular formula is C19H28N6O. The van der Waals surface area contributed by atoms with Crippen molar-refractivity contribution in [2.75, 3.05) is 13.1 Å². The molecule has 0 unspecified atom stereocenters. The van der Waals surface area contributed by atoms with E-state index in [2.05, 4.69) is 36.1 Å². The zero-order valence-electron chi connectivity index (χ0n) is 15.8. The third kappa shape index (κ3) is 3.15. The van der Waals surface area contributed by atoms with E-state index >= 15 is 0 Å². The molecule has 4 rings (SSSR count). The van der Waals surface area contributed by atoms with Crippen molar-refractivity contribution in [2.24, 2.45) is 5.92 Å². The zero-order chi connectivity index (χ0) is 18.1. The summed E-state index contributed by atoms with van der Waals surface area (Å²) in [5, 5.41) is 9.00. The second kappa shape index (κ2) is 7.21. The standard InChI is InChI=1S/C19H28N6O/c1-3-25-17(13-24-12-9-20-14(24)2)21-22-18(25)15-7-10-23(11-8-15)19(26)16-5-4-6-16/h9,12,15-16H,3-8,10-11,13H2,1-2H3. The Morgan fingerprint density at radius 3 is 2.54 bits per heavy atom. The van der Waals surface area contributed by atoms with Gasteiger partial charge in [0.1, 0.15) is 11.6 Å². The van der Waals surface area contributed by atoms with E-state index in [1.54, 1.807) is 0 Å². The summed E-state index contributed by atoms with van der Waals surface area (Å²) in [5.74, 6) is 4.12. The Balaban J connectivity index is 1.43. The molecule has 7 nitrogen and oxygen atoms in total. The van der Waals surface area contributed by atoms with Crippen molar-refractivity contribution in [1.82, 2.24) is 29.2 Å². The predicted octanol–water partition coefficient (Wildman–Crippen LogP) is 2.36. The quantitative estimate of drug-likeness (QED) is 0.825. The molecule has 140 valence electrons. The fourth-order valence-corrected chi connectivity index (χ4v) is 4.11. The van der Waals surface area contributed by atoms with Gasteiger partial charge in [-0.05, 0) is 39.5 Å². The molecule has 3 heterocycles. The Morgan fingerprint density at radius 1 is 1.19 bits per heavy atom. The second-order valence-electron chi connectivity index (χ2n) is 7.55. The minimum Gasteiger partial charge on any atom is -0.342 e. The average molecular weight is 356 g/mol. The SMILES string of the molecule is CCn1c(Cn2ccnc2C)nnc1C1CCN(C(=O)C2CCC2)CC1. The lowest BCUT2D eigenvalue weighted by Crippen LogP contribution is -2.43. The van der Waals surface area contributed by atoms with E-state index in [-0.39, 0.29) is 0 Å². The van der Waals surface area contributed by atoms with Crippen molar-refractivity contribution >= 4 is 5.91 Å². The van der Waals surface area contributed by atoms with Crippen molar-refractivity contribution < 1.29 is 4.79 Å². The van der Waals surface area contributed by atoms with Crippen LogP contribution in [0.25, 0.3) is 0 Å². The molecule has 1 saturated carbocycles.